The van der Waals surface area contributed by atoms with Crippen LogP contribution in [0.4, 0.5) is 0 Å². The van der Waals surface area contributed by atoms with E-state index in [1.54, 1.807) is 7.11 Å². The number of aliphatic hydroxyl groups excluding tert-OH is 1. The van der Waals surface area contributed by atoms with Gasteiger partial charge >= 0.3 is 0 Å². The lowest BCUT2D eigenvalue weighted by Gasteiger charge is -2.19. The van der Waals surface area contributed by atoms with Gasteiger partial charge in [-0.15, -0.1) is 0 Å². The van der Waals surface area contributed by atoms with Crippen molar-refractivity contribution in [2.75, 3.05) is 20.3 Å². The summed E-state index contributed by atoms with van der Waals surface area (Å²) >= 11 is 0. The van der Waals surface area contributed by atoms with Crippen LogP contribution in [0.5, 0.6) is 0 Å². The molecule has 0 heterocycles. The molecule has 3 nitrogen and oxygen atoms in total. The second kappa shape index (κ2) is 9.08. The Labute approximate surface area is 117 Å². The first-order valence-corrected chi connectivity index (χ1v) is 7.20. The molecular weight excluding hydrogens is 238 g/mol. The van der Waals surface area contributed by atoms with E-state index < -0.39 is 0 Å². The van der Waals surface area contributed by atoms with E-state index in [-0.39, 0.29) is 6.10 Å². The van der Waals surface area contributed by atoms with Gasteiger partial charge in [0.15, 0.2) is 0 Å². The molecule has 0 saturated carbocycles. The summed E-state index contributed by atoms with van der Waals surface area (Å²) in [4.78, 5) is 0. The van der Waals surface area contributed by atoms with Crippen molar-refractivity contribution in [2.45, 2.75) is 45.3 Å². The summed E-state index contributed by atoms with van der Waals surface area (Å²) in [5.74, 6) is 0. The van der Waals surface area contributed by atoms with Gasteiger partial charge in [0.05, 0.1) is 12.7 Å². The lowest BCUT2D eigenvalue weighted by molar-refractivity contribution is 0.0589. The van der Waals surface area contributed by atoms with Crippen molar-refractivity contribution < 1.29 is 9.84 Å². The van der Waals surface area contributed by atoms with E-state index in [2.05, 4.69) is 43.4 Å². The number of methoxy groups -OCH3 is 1. The molecule has 0 saturated heterocycles. The summed E-state index contributed by atoms with van der Waals surface area (Å²) in [6, 6.07) is 9.15. The van der Waals surface area contributed by atoms with Gasteiger partial charge in [0, 0.05) is 13.2 Å². The summed E-state index contributed by atoms with van der Waals surface area (Å²) in [6.07, 6.45) is 2.47. The molecule has 19 heavy (non-hydrogen) atoms. The van der Waals surface area contributed by atoms with Crippen LogP contribution < -0.4 is 5.32 Å². The summed E-state index contributed by atoms with van der Waals surface area (Å²) in [5.41, 5.74) is 2.69. The lowest BCUT2D eigenvalue weighted by atomic mass is 10.0. The minimum Gasteiger partial charge on any atom is -0.391 e. The van der Waals surface area contributed by atoms with Crippen molar-refractivity contribution in [1.29, 1.82) is 0 Å². The molecule has 0 aliphatic heterocycles. The van der Waals surface area contributed by atoms with Crippen molar-refractivity contribution in [2.24, 2.45) is 0 Å². The molecule has 0 amide bonds. The van der Waals surface area contributed by atoms with Crippen molar-refractivity contribution in [3.05, 3.63) is 35.4 Å². The zero-order valence-electron chi connectivity index (χ0n) is 12.4. The van der Waals surface area contributed by atoms with Gasteiger partial charge < -0.3 is 15.2 Å². The molecule has 1 rings (SSSR count). The molecule has 0 aliphatic rings. The molecule has 1 aromatic rings. The van der Waals surface area contributed by atoms with Gasteiger partial charge in [-0.2, -0.15) is 0 Å². The van der Waals surface area contributed by atoms with Gasteiger partial charge in [0.2, 0.25) is 0 Å². The zero-order chi connectivity index (χ0) is 14.1. The van der Waals surface area contributed by atoms with Crippen LogP contribution in [0.15, 0.2) is 24.3 Å². The summed E-state index contributed by atoms with van der Waals surface area (Å²) in [6.45, 7) is 5.56. The third-order valence-corrected chi connectivity index (χ3v) is 3.43. The van der Waals surface area contributed by atoms with E-state index in [4.69, 9.17) is 4.74 Å². The Morgan fingerprint density at radius 2 is 1.89 bits per heavy atom. The highest BCUT2D eigenvalue weighted by molar-refractivity contribution is 5.24. The molecule has 0 radical (unpaired) electrons. The molecular formula is C16H27NO2. The second-order valence-corrected chi connectivity index (χ2v) is 4.91. The molecule has 108 valence electrons. The average molecular weight is 265 g/mol. The fourth-order valence-corrected chi connectivity index (χ4v) is 2.18. The van der Waals surface area contributed by atoms with E-state index in [0.29, 0.717) is 12.6 Å². The predicted octanol–water partition coefficient (Wildman–Crippen LogP) is 2.69. The number of hydrogen-bond acceptors (Lipinski definition) is 3. The largest absolute Gasteiger partial charge is 0.391 e. The maximum Gasteiger partial charge on any atom is 0.0785 e. The molecule has 0 aliphatic carbocycles. The SMILES string of the molecule is CCc1ccc(C(CC)NCCC(O)COC)cc1. The third-order valence-electron chi connectivity index (χ3n) is 3.43. The summed E-state index contributed by atoms with van der Waals surface area (Å²) in [7, 11) is 1.61. The van der Waals surface area contributed by atoms with Gasteiger partial charge in [-0.05, 0) is 36.9 Å². The van der Waals surface area contributed by atoms with Gasteiger partial charge in [-0.3, -0.25) is 0 Å². The summed E-state index contributed by atoms with van der Waals surface area (Å²) < 4.78 is 4.92. The number of hydrogen-bond donors (Lipinski definition) is 2. The van der Waals surface area contributed by atoms with Crippen LogP contribution in [-0.4, -0.2) is 31.5 Å². The van der Waals surface area contributed by atoms with Crippen LogP contribution in [0.25, 0.3) is 0 Å². The Hall–Kier alpha value is -0.900. The first-order valence-electron chi connectivity index (χ1n) is 7.20. The Balaban J connectivity index is 2.43. The van der Waals surface area contributed by atoms with Crippen LogP contribution in [-0.2, 0) is 11.2 Å². The zero-order valence-corrected chi connectivity index (χ0v) is 12.4. The maximum absolute atomic E-state index is 9.61. The van der Waals surface area contributed by atoms with E-state index in [1.807, 2.05) is 0 Å². The van der Waals surface area contributed by atoms with Gasteiger partial charge in [0.25, 0.3) is 0 Å². The van der Waals surface area contributed by atoms with E-state index >= 15 is 0 Å². The smallest absolute Gasteiger partial charge is 0.0785 e. The number of nitrogens with one attached hydrogen (secondary N) is 1. The number of aliphatic hydroxyl groups is 1. The molecule has 1 aromatic carbocycles. The standard InChI is InChI=1S/C16H27NO2/c1-4-13-6-8-14(9-7-13)16(5-2)17-11-10-15(18)12-19-3/h6-9,15-18H,4-5,10-12H2,1-3H3. The highest BCUT2D eigenvalue weighted by atomic mass is 16.5. The first kappa shape index (κ1) is 16.2. The van der Waals surface area contributed by atoms with E-state index in [0.717, 1.165) is 25.8 Å². The number of aryl methyl sites for hydroxylation is 1. The van der Waals surface area contributed by atoms with Crippen LogP contribution in [0.1, 0.15) is 43.9 Å². The van der Waals surface area contributed by atoms with Crippen LogP contribution in [0.2, 0.25) is 0 Å². The van der Waals surface area contributed by atoms with Gasteiger partial charge in [0.1, 0.15) is 0 Å². The molecule has 0 fully saturated rings. The molecule has 2 atom stereocenters. The van der Waals surface area contributed by atoms with Crippen LogP contribution >= 0.6 is 0 Å². The fourth-order valence-electron chi connectivity index (χ4n) is 2.18. The van der Waals surface area contributed by atoms with E-state index in [9.17, 15) is 5.11 Å². The molecule has 2 N–H and O–H groups in total. The Morgan fingerprint density at radius 3 is 2.42 bits per heavy atom. The average Bonchev–Trinajstić information content (AvgIpc) is 2.44. The highest BCUT2D eigenvalue weighted by Crippen LogP contribution is 2.17. The van der Waals surface area contributed by atoms with Crippen LogP contribution in [0, 0.1) is 0 Å². The normalized spacial score (nSPS) is 14.3. The molecule has 0 spiro atoms. The Morgan fingerprint density at radius 1 is 1.21 bits per heavy atom. The quantitative estimate of drug-likeness (QED) is 0.721. The second-order valence-electron chi connectivity index (χ2n) is 4.91. The summed E-state index contributed by atoms with van der Waals surface area (Å²) in [5, 5.41) is 13.1. The lowest BCUT2D eigenvalue weighted by Crippen LogP contribution is -2.26. The predicted molar refractivity (Wildman–Crippen MR) is 79.4 cm³/mol. The van der Waals surface area contributed by atoms with Gasteiger partial charge in [-0.25, -0.2) is 0 Å². The maximum atomic E-state index is 9.61. The van der Waals surface area contributed by atoms with Crippen molar-refractivity contribution in [1.82, 2.24) is 5.32 Å². The number of rotatable bonds is 9. The third kappa shape index (κ3) is 5.72. The number of ether oxygens (including phenoxy) is 1. The fraction of sp³-hybridized carbons (Fsp3) is 0.625. The monoisotopic (exact) mass is 265 g/mol. The van der Waals surface area contributed by atoms with Crippen molar-refractivity contribution >= 4 is 0 Å². The Bertz CT molecular complexity index is 337. The molecule has 0 bridgehead atoms. The van der Waals surface area contributed by atoms with Crippen molar-refractivity contribution in [3.8, 4) is 0 Å². The molecule has 3 heteroatoms. The van der Waals surface area contributed by atoms with Gasteiger partial charge in [-0.1, -0.05) is 38.1 Å². The Kier molecular flexibility index (Phi) is 7.72. The van der Waals surface area contributed by atoms with Crippen molar-refractivity contribution in [3.63, 3.8) is 0 Å². The first-order chi connectivity index (χ1) is 9.21. The van der Waals surface area contributed by atoms with E-state index in [1.165, 1.54) is 11.1 Å². The number of benzene rings is 1. The van der Waals surface area contributed by atoms with Crippen LogP contribution in [0.3, 0.4) is 0 Å². The molecule has 2 unspecified atom stereocenters. The molecule has 0 aromatic heterocycles. The minimum absolute atomic E-state index is 0.362. The topological polar surface area (TPSA) is 41.5 Å². The minimum atomic E-state index is -0.377. The highest BCUT2D eigenvalue weighted by Gasteiger charge is 2.09.